The SMILES string of the molecule is CC/C=C\C/C=C\C/C=C\C/C=C\CCCCCCCCCCCCCCCCCCCCC(=O)OC(COC(=O)CCCCCCCCCCC/C=C\CCCCCCCCCC)COC(OCC[N+](C)(C)C)C(=O)[O-]. The highest BCUT2D eigenvalue weighted by Crippen LogP contribution is 2.17. The molecule has 0 aromatic carbocycles. The Morgan fingerprint density at radius 1 is 0.403 bits per heavy atom. The Morgan fingerprint density at radius 3 is 1.12 bits per heavy atom. The van der Waals surface area contributed by atoms with Crippen molar-refractivity contribution in [3.8, 4) is 0 Å². The Balaban J connectivity index is 4.12. The first kappa shape index (κ1) is 74.0. The van der Waals surface area contributed by atoms with Gasteiger partial charge in [-0.05, 0) is 77.0 Å². The van der Waals surface area contributed by atoms with Crippen LogP contribution in [0.15, 0.2) is 60.8 Å². The van der Waals surface area contributed by atoms with Crippen LogP contribution in [0, 0.1) is 0 Å². The van der Waals surface area contributed by atoms with Crippen molar-refractivity contribution in [2.75, 3.05) is 47.5 Å². The van der Waals surface area contributed by atoms with Gasteiger partial charge in [0, 0.05) is 12.8 Å². The van der Waals surface area contributed by atoms with Crippen LogP contribution in [0.2, 0.25) is 0 Å². The quantitative estimate of drug-likeness (QED) is 0.0195. The lowest BCUT2D eigenvalue weighted by Crippen LogP contribution is -2.44. The Morgan fingerprint density at radius 2 is 0.740 bits per heavy atom. The van der Waals surface area contributed by atoms with E-state index in [2.05, 4.69) is 74.6 Å². The van der Waals surface area contributed by atoms with Gasteiger partial charge in [0.15, 0.2) is 12.4 Å². The van der Waals surface area contributed by atoms with Crippen LogP contribution in [0.5, 0.6) is 0 Å². The zero-order chi connectivity index (χ0) is 56.2. The summed E-state index contributed by atoms with van der Waals surface area (Å²) >= 11 is 0. The molecule has 2 unspecified atom stereocenters. The summed E-state index contributed by atoms with van der Waals surface area (Å²) in [6.07, 6.45) is 72.9. The van der Waals surface area contributed by atoms with E-state index in [9.17, 15) is 19.5 Å². The molecular weight excluding hydrogens is 959 g/mol. The minimum atomic E-state index is -1.62. The Labute approximate surface area is 475 Å². The number of rotatable bonds is 60. The number of carbonyl (C=O) groups is 3. The van der Waals surface area contributed by atoms with Crippen LogP contribution in [-0.2, 0) is 33.3 Å². The van der Waals surface area contributed by atoms with Gasteiger partial charge < -0.3 is 33.3 Å². The second-order valence-electron chi connectivity index (χ2n) is 23.0. The normalized spacial score (nSPS) is 13.1. The van der Waals surface area contributed by atoms with Crippen molar-refractivity contribution >= 4 is 17.9 Å². The number of quaternary nitrogens is 1. The van der Waals surface area contributed by atoms with E-state index in [1.807, 2.05) is 21.1 Å². The predicted octanol–water partition coefficient (Wildman–Crippen LogP) is 18.2. The number of esters is 2. The zero-order valence-electron chi connectivity index (χ0n) is 51.1. The number of hydrogen-bond donors (Lipinski definition) is 0. The first-order valence-electron chi connectivity index (χ1n) is 32.4. The standard InChI is InChI=1S/C68H123NO8/c1-6-8-10-12-14-16-18-20-22-24-26-28-29-30-31-32-33-34-35-36-37-39-41-43-45-47-49-51-53-55-57-59-66(71)77-64(63-76-68(67(72)73)74-61-60-69(3,4)5)62-75-65(70)58-56-54-52-50-48-46-44-42-40-38-27-25-23-21-19-17-15-13-11-9-7-2/h8,10,14,16,20,22,25-28,64,68H,6-7,9,11-13,15,17-19,21,23-24,29-63H2,1-5H3/b10-8-,16-14-,22-20-,27-25-,28-26-. The second kappa shape index (κ2) is 59.1. The summed E-state index contributed by atoms with van der Waals surface area (Å²) in [5, 5.41) is 11.8. The van der Waals surface area contributed by atoms with Gasteiger partial charge in [0.05, 0.1) is 40.3 Å². The van der Waals surface area contributed by atoms with Gasteiger partial charge in [-0.25, -0.2) is 0 Å². The van der Waals surface area contributed by atoms with Crippen molar-refractivity contribution in [2.24, 2.45) is 0 Å². The molecule has 448 valence electrons. The molecular formula is C68H123NO8. The second-order valence-corrected chi connectivity index (χ2v) is 23.0. The molecule has 0 saturated heterocycles. The fourth-order valence-electron chi connectivity index (χ4n) is 9.29. The lowest BCUT2D eigenvalue weighted by Gasteiger charge is -2.26. The highest BCUT2D eigenvalue weighted by atomic mass is 16.7. The van der Waals surface area contributed by atoms with Crippen molar-refractivity contribution in [2.45, 2.75) is 309 Å². The molecule has 0 aliphatic rings. The van der Waals surface area contributed by atoms with Crippen molar-refractivity contribution in [3.63, 3.8) is 0 Å². The monoisotopic (exact) mass is 1080 g/mol. The van der Waals surface area contributed by atoms with E-state index in [1.165, 1.54) is 205 Å². The summed E-state index contributed by atoms with van der Waals surface area (Å²) in [6.45, 7) is 4.67. The average Bonchev–Trinajstić information content (AvgIpc) is 3.40. The van der Waals surface area contributed by atoms with E-state index in [-0.39, 0.29) is 32.2 Å². The van der Waals surface area contributed by atoms with E-state index < -0.39 is 24.3 Å². The fourth-order valence-corrected chi connectivity index (χ4v) is 9.29. The van der Waals surface area contributed by atoms with Gasteiger partial charge >= 0.3 is 11.9 Å². The summed E-state index contributed by atoms with van der Waals surface area (Å²) in [7, 11) is 5.93. The number of carboxylic acid groups (broad SMARTS) is 1. The molecule has 0 amide bonds. The molecule has 9 nitrogen and oxygen atoms in total. The van der Waals surface area contributed by atoms with Crippen molar-refractivity contribution in [1.82, 2.24) is 0 Å². The molecule has 0 aliphatic heterocycles. The fraction of sp³-hybridized carbons (Fsp3) is 0.809. The topological polar surface area (TPSA) is 111 Å². The molecule has 0 rings (SSSR count). The number of aliphatic carboxylic acids is 1. The predicted molar refractivity (Wildman–Crippen MR) is 325 cm³/mol. The van der Waals surface area contributed by atoms with Gasteiger partial charge in [0.1, 0.15) is 13.2 Å². The number of ether oxygens (including phenoxy) is 4. The minimum Gasteiger partial charge on any atom is -0.545 e. The first-order valence-corrected chi connectivity index (χ1v) is 32.4. The van der Waals surface area contributed by atoms with E-state index >= 15 is 0 Å². The zero-order valence-corrected chi connectivity index (χ0v) is 51.1. The van der Waals surface area contributed by atoms with Gasteiger partial charge in [-0.2, -0.15) is 0 Å². The summed E-state index contributed by atoms with van der Waals surface area (Å²) in [5.74, 6) is -2.27. The van der Waals surface area contributed by atoms with Crippen LogP contribution in [0.3, 0.4) is 0 Å². The van der Waals surface area contributed by atoms with Gasteiger partial charge in [0.2, 0.25) is 0 Å². The summed E-state index contributed by atoms with van der Waals surface area (Å²) in [4.78, 5) is 37.4. The van der Waals surface area contributed by atoms with Crippen LogP contribution in [0.25, 0.3) is 0 Å². The molecule has 0 aromatic rings. The maximum atomic E-state index is 12.9. The van der Waals surface area contributed by atoms with Crippen molar-refractivity contribution < 1.29 is 42.9 Å². The highest BCUT2D eigenvalue weighted by Gasteiger charge is 2.22. The molecule has 0 fully saturated rings. The van der Waals surface area contributed by atoms with Crippen LogP contribution in [0.4, 0.5) is 0 Å². The van der Waals surface area contributed by atoms with Gasteiger partial charge in [-0.3, -0.25) is 9.59 Å². The summed E-state index contributed by atoms with van der Waals surface area (Å²) < 4.78 is 22.8. The minimum absolute atomic E-state index is 0.148. The third-order valence-corrected chi connectivity index (χ3v) is 14.2. The summed E-state index contributed by atoms with van der Waals surface area (Å²) in [6, 6.07) is 0. The third-order valence-electron chi connectivity index (χ3n) is 14.2. The van der Waals surface area contributed by atoms with Crippen LogP contribution in [-0.4, -0.2) is 82.3 Å². The lowest BCUT2D eigenvalue weighted by molar-refractivity contribution is -0.870. The summed E-state index contributed by atoms with van der Waals surface area (Å²) in [5.41, 5.74) is 0. The van der Waals surface area contributed by atoms with Gasteiger partial charge in [0.25, 0.3) is 0 Å². The molecule has 9 heteroatoms. The van der Waals surface area contributed by atoms with Gasteiger partial charge in [-0.15, -0.1) is 0 Å². The first-order chi connectivity index (χ1) is 37.6. The number of allylic oxidation sites excluding steroid dienone is 10. The maximum Gasteiger partial charge on any atom is 0.306 e. The molecule has 0 N–H and O–H groups in total. The Hall–Kier alpha value is -3.01. The third kappa shape index (κ3) is 60.5. The molecule has 0 aromatic heterocycles. The Kier molecular flexibility index (Phi) is 56.8. The van der Waals surface area contributed by atoms with Crippen LogP contribution < -0.4 is 5.11 Å². The van der Waals surface area contributed by atoms with E-state index in [0.29, 0.717) is 23.9 Å². The number of carbonyl (C=O) groups excluding carboxylic acids is 3. The number of unbranched alkanes of at least 4 members (excludes halogenated alkanes) is 35. The van der Waals surface area contributed by atoms with Crippen LogP contribution in [0.1, 0.15) is 296 Å². The molecule has 0 bridgehead atoms. The smallest absolute Gasteiger partial charge is 0.306 e. The van der Waals surface area contributed by atoms with E-state index in [1.54, 1.807) is 0 Å². The number of carboxylic acids is 1. The molecule has 0 heterocycles. The Bertz CT molecular complexity index is 1450. The molecule has 77 heavy (non-hydrogen) atoms. The highest BCUT2D eigenvalue weighted by molar-refractivity contribution is 5.70. The number of likely N-dealkylation sites (N-methyl/N-ethyl adjacent to an activating group) is 1. The lowest BCUT2D eigenvalue weighted by atomic mass is 10.0. The molecule has 0 aliphatic carbocycles. The number of nitrogens with zero attached hydrogens (tertiary/aromatic N) is 1. The molecule has 0 spiro atoms. The molecule has 2 atom stereocenters. The van der Waals surface area contributed by atoms with Gasteiger partial charge in [-0.1, -0.05) is 267 Å². The maximum absolute atomic E-state index is 12.9. The largest absolute Gasteiger partial charge is 0.545 e. The molecule has 0 radical (unpaired) electrons. The van der Waals surface area contributed by atoms with Crippen LogP contribution >= 0.6 is 0 Å². The number of hydrogen-bond acceptors (Lipinski definition) is 8. The average molecular weight is 1080 g/mol. The van der Waals surface area contributed by atoms with Crippen molar-refractivity contribution in [3.05, 3.63) is 60.8 Å². The van der Waals surface area contributed by atoms with E-state index in [4.69, 9.17) is 18.9 Å². The molecule has 0 saturated carbocycles. The van der Waals surface area contributed by atoms with E-state index in [0.717, 1.165) is 57.8 Å². The van der Waals surface area contributed by atoms with Crippen molar-refractivity contribution in [1.29, 1.82) is 0 Å².